The minimum absolute atomic E-state index is 0.00357. The molecule has 8 nitrogen and oxygen atoms in total. The molecule has 1 aliphatic heterocycles. The monoisotopic (exact) mass is 480 g/mol. The van der Waals surface area contributed by atoms with Crippen LogP contribution >= 0.6 is 0 Å². The molecule has 4 aromatic rings. The van der Waals surface area contributed by atoms with Crippen LogP contribution in [0.1, 0.15) is 13.8 Å². The topological polar surface area (TPSA) is 101 Å². The van der Waals surface area contributed by atoms with Crippen LogP contribution in [0.25, 0.3) is 22.2 Å². The SMILES string of the molecule is CC(C)N1CCOc2c(F)cc(-c3nc(Nc4ccc5oc(NCCN)cc5c4)ncc3F)cc21. The van der Waals surface area contributed by atoms with E-state index in [1.807, 2.05) is 36.9 Å². The van der Waals surface area contributed by atoms with Crippen LogP contribution in [0.15, 0.2) is 47.0 Å². The van der Waals surface area contributed by atoms with E-state index in [0.29, 0.717) is 54.6 Å². The molecular formula is C25H26F2N6O2. The smallest absolute Gasteiger partial charge is 0.227 e. The molecule has 182 valence electrons. The van der Waals surface area contributed by atoms with Crippen molar-refractivity contribution in [2.24, 2.45) is 5.73 Å². The lowest BCUT2D eigenvalue weighted by Gasteiger charge is -2.34. The van der Waals surface area contributed by atoms with E-state index in [4.69, 9.17) is 14.9 Å². The molecule has 0 bridgehead atoms. The highest BCUT2D eigenvalue weighted by molar-refractivity contribution is 5.85. The summed E-state index contributed by atoms with van der Waals surface area (Å²) in [4.78, 5) is 10.4. The zero-order valence-corrected chi connectivity index (χ0v) is 19.4. The molecule has 0 unspecified atom stereocenters. The predicted molar refractivity (Wildman–Crippen MR) is 132 cm³/mol. The number of hydrogen-bond acceptors (Lipinski definition) is 8. The number of furan rings is 1. The van der Waals surface area contributed by atoms with E-state index in [1.54, 1.807) is 12.1 Å². The number of anilines is 4. The maximum Gasteiger partial charge on any atom is 0.227 e. The molecular weight excluding hydrogens is 454 g/mol. The Hall–Kier alpha value is -3.92. The lowest BCUT2D eigenvalue weighted by atomic mass is 10.1. The van der Waals surface area contributed by atoms with Crippen LogP contribution in [0.5, 0.6) is 5.75 Å². The molecule has 2 aromatic carbocycles. The third-order valence-corrected chi connectivity index (χ3v) is 5.77. The molecule has 0 spiro atoms. The summed E-state index contributed by atoms with van der Waals surface area (Å²) in [6.45, 7) is 6.13. The minimum Gasteiger partial charge on any atom is -0.486 e. The number of benzene rings is 2. The molecule has 10 heteroatoms. The largest absolute Gasteiger partial charge is 0.486 e. The molecule has 4 N–H and O–H groups in total. The van der Waals surface area contributed by atoms with Crippen LogP contribution in [-0.4, -0.2) is 42.3 Å². The first-order valence-corrected chi connectivity index (χ1v) is 11.4. The summed E-state index contributed by atoms with van der Waals surface area (Å²) in [7, 11) is 0. The van der Waals surface area contributed by atoms with Crippen molar-refractivity contribution in [1.29, 1.82) is 0 Å². The fourth-order valence-electron chi connectivity index (χ4n) is 4.14. The van der Waals surface area contributed by atoms with Gasteiger partial charge in [0.05, 0.1) is 18.4 Å². The third-order valence-electron chi connectivity index (χ3n) is 5.77. The van der Waals surface area contributed by atoms with Gasteiger partial charge in [0.1, 0.15) is 17.9 Å². The Labute approximate surface area is 201 Å². The highest BCUT2D eigenvalue weighted by Crippen LogP contribution is 2.39. The Morgan fingerprint density at radius 1 is 1.14 bits per heavy atom. The van der Waals surface area contributed by atoms with E-state index in [9.17, 15) is 8.78 Å². The van der Waals surface area contributed by atoms with Crippen molar-refractivity contribution in [3.63, 3.8) is 0 Å². The Balaban J connectivity index is 1.46. The summed E-state index contributed by atoms with van der Waals surface area (Å²) in [6.07, 6.45) is 1.07. The summed E-state index contributed by atoms with van der Waals surface area (Å²) in [6, 6.07) is 10.4. The van der Waals surface area contributed by atoms with Gasteiger partial charge in [-0.1, -0.05) is 0 Å². The van der Waals surface area contributed by atoms with Gasteiger partial charge in [-0.25, -0.2) is 18.7 Å². The molecule has 2 aromatic heterocycles. The second-order valence-corrected chi connectivity index (χ2v) is 8.54. The number of rotatable bonds is 7. The first kappa shape index (κ1) is 22.9. The van der Waals surface area contributed by atoms with Gasteiger partial charge in [0.15, 0.2) is 23.3 Å². The maximum atomic E-state index is 14.9. The van der Waals surface area contributed by atoms with Crippen molar-refractivity contribution in [2.45, 2.75) is 19.9 Å². The average molecular weight is 481 g/mol. The molecule has 1 aliphatic rings. The highest BCUT2D eigenvalue weighted by Gasteiger charge is 2.25. The van der Waals surface area contributed by atoms with Crippen LogP contribution < -0.4 is 26.0 Å². The molecule has 0 atom stereocenters. The summed E-state index contributed by atoms with van der Waals surface area (Å²) >= 11 is 0. The van der Waals surface area contributed by atoms with Gasteiger partial charge in [-0.05, 0) is 44.2 Å². The lowest BCUT2D eigenvalue weighted by Crippen LogP contribution is -2.38. The molecule has 0 amide bonds. The molecule has 0 saturated heterocycles. The van der Waals surface area contributed by atoms with Crippen molar-refractivity contribution >= 4 is 34.2 Å². The van der Waals surface area contributed by atoms with Crippen LogP contribution in [0.3, 0.4) is 0 Å². The van der Waals surface area contributed by atoms with E-state index in [0.717, 1.165) is 11.6 Å². The van der Waals surface area contributed by atoms with E-state index < -0.39 is 11.6 Å². The normalized spacial score (nSPS) is 13.1. The number of halogens is 2. The van der Waals surface area contributed by atoms with Gasteiger partial charge < -0.3 is 30.4 Å². The highest BCUT2D eigenvalue weighted by atomic mass is 19.1. The first-order valence-electron chi connectivity index (χ1n) is 11.4. The minimum atomic E-state index is -0.649. The Morgan fingerprint density at radius 3 is 2.80 bits per heavy atom. The maximum absolute atomic E-state index is 14.9. The van der Waals surface area contributed by atoms with Crippen molar-refractivity contribution in [1.82, 2.24) is 9.97 Å². The van der Waals surface area contributed by atoms with E-state index in [2.05, 4.69) is 20.6 Å². The fourth-order valence-corrected chi connectivity index (χ4v) is 4.14. The molecule has 5 rings (SSSR count). The number of fused-ring (bicyclic) bond motifs is 2. The molecule has 35 heavy (non-hydrogen) atoms. The predicted octanol–water partition coefficient (Wildman–Crippen LogP) is 4.89. The number of ether oxygens (including phenoxy) is 1. The van der Waals surface area contributed by atoms with Gasteiger partial charge in [0, 0.05) is 41.8 Å². The molecule has 0 saturated carbocycles. The van der Waals surface area contributed by atoms with Crippen LogP contribution in [0.2, 0.25) is 0 Å². The summed E-state index contributed by atoms with van der Waals surface area (Å²) in [5.74, 6) is -0.226. The molecule has 0 fully saturated rings. The standard InChI is InChI=1S/C25H26F2N6O2/c1-14(2)33-7-8-34-24-18(26)10-16(11-20(24)33)23-19(27)13-30-25(32-23)31-17-3-4-21-15(9-17)12-22(35-21)29-6-5-28/h3-4,9-14,29H,5-8,28H2,1-2H3,(H,30,31,32). The summed E-state index contributed by atoms with van der Waals surface area (Å²) < 4.78 is 41.0. The summed E-state index contributed by atoms with van der Waals surface area (Å²) in [5.41, 5.74) is 7.81. The van der Waals surface area contributed by atoms with Gasteiger partial charge in [0.25, 0.3) is 0 Å². The van der Waals surface area contributed by atoms with Gasteiger partial charge in [-0.15, -0.1) is 0 Å². The van der Waals surface area contributed by atoms with Gasteiger partial charge in [-0.2, -0.15) is 0 Å². The number of hydrogen-bond donors (Lipinski definition) is 3. The quantitative estimate of drug-likeness (QED) is 0.344. The molecule has 3 heterocycles. The number of nitrogens with zero attached hydrogens (tertiary/aromatic N) is 3. The van der Waals surface area contributed by atoms with Crippen molar-refractivity contribution in [2.75, 3.05) is 41.8 Å². The summed E-state index contributed by atoms with van der Waals surface area (Å²) in [5, 5.41) is 7.05. The fraction of sp³-hybridized carbons (Fsp3) is 0.280. The van der Waals surface area contributed by atoms with Gasteiger partial charge >= 0.3 is 0 Å². The van der Waals surface area contributed by atoms with Crippen molar-refractivity contribution < 1.29 is 17.9 Å². The van der Waals surface area contributed by atoms with Crippen LogP contribution in [-0.2, 0) is 0 Å². The van der Waals surface area contributed by atoms with Crippen molar-refractivity contribution in [3.05, 3.63) is 54.2 Å². The molecule has 0 radical (unpaired) electrons. The second-order valence-electron chi connectivity index (χ2n) is 8.54. The zero-order valence-electron chi connectivity index (χ0n) is 19.4. The van der Waals surface area contributed by atoms with E-state index in [1.165, 1.54) is 6.07 Å². The van der Waals surface area contributed by atoms with Gasteiger partial charge in [-0.3, -0.25) is 0 Å². The first-order chi connectivity index (χ1) is 16.9. The third kappa shape index (κ3) is 4.57. The average Bonchev–Trinajstić information content (AvgIpc) is 3.25. The Morgan fingerprint density at radius 2 is 2.00 bits per heavy atom. The number of aromatic nitrogens is 2. The van der Waals surface area contributed by atoms with E-state index >= 15 is 0 Å². The second kappa shape index (κ2) is 9.38. The van der Waals surface area contributed by atoms with E-state index in [-0.39, 0.29) is 23.4 Å². The van der Waals surface area contributed by atoms with Crippen LogP contribution in [0, 0.1) is 11.6 Å². The van der Waals surface area contributed by atoms with Crippen LogP contribution in [0.4, 0.5) is 32.0 Å². The number of nitrogens with two attached hydrogens (primary N) is 1. The van der Waals surface area contributed by atoms with Gasteiger partial charge in [0.2, 0.25) is 5.95 Å². The molecule has 0 aliphatic carbocycles. The lowest BCUT2D eigenvalue weighted by molar-refractivity contribution is 0.287. The Kier molecular flexibility index (Phi) is 6.12. The van der Waals surface area contributed by atoms with Crippen molar-refractivity contribution in [3.8, 4) is 17.0 Å². The number of nitrogens with one attached hydrogen (secondary N) is 2. The zero-order chi connectivity index (χ0) is 24.5. The Bertz CT molecular complexity index is 1370.